The van der Waals surface area contributed by atoms with E-state index in [4.69, 9.17) is 0 Å². The lowest BCUT2D eigenvalue weighted by molar-refractivity contribution is 0.163. The third-order valence-electron chi connectivity index (χ3n) is 2.00. The summed E-state index contributed by atoms with van der Waals surface area (Å²) in [5.41, 5.74) is 0. The van der Waals surface area contributed by atoms with Crippen molar-refractivity contribution < 1.29 is 8.78 Å². The highest BCUT2D eigenvalue weighted by Gasteiger charge is 2.09. The van der Waals surface area contributed by atoms with Crippen molar-refractivity contribution >= 4 is 11.9 Å². The highest BCUT2D eigenvalue weighted by Crippen LogP contribution is 2.09. The molecule has 2 heterocycles. The number of hydrogen-bond donors (Lipinski definition) is 2. The topological polar surface area (TPSA) is 80.5 Å². The molecule has 2 aromatic rings. The van der Waals surface area contributed by atoms with Crippen LogP contribution in [0.1, 0.15) is 0 Å². The number of nitrogens with one attached hydrogen (secondary N) is 2. The Morgan fingerprint density at radius 3 is 2.67 bits per heavy atom. The molecule has 0 saturated carbocycles. The molecule has 0 saturated heterocycles. The Labute approximate surface area is 101 Å². The normalized spacial score (nSPS) is 10.7. The first-order valence-electron chi connectivity index (χ1n) is 5.13. The zero-order valence-corrected chi connectivity index (χ0v) is 9.51. The molecule has 2 aromatic heterocycles. The largest absolute Gasteiger partial charge is 0.357 e. The van der Waals surface area contributed by atoms with Gasteiger partial charge in [-0.1, -0.05) is 0 Å². The molecule has 0 atom stereocenters. The van der Waals surface area contributed by atoms with Gasteiger partial charge in [0.05, 0.1) is 6.54 Å². The Morgan fingerprint density at radius 1 is 1.28 bits per heavy atom. The smallest absolute Gasteiger partial charge is 0.255 e. The van der Waals surface area contributed by atoms with Crippen molar-refractivity contribution in [2.45, 2.75) is 6.43 Å². The SMILES string of the molecule is CNc1nc(NCC(F)F)nc(-n2ccnc2)n1. The summed E-state index contributed by atoms with van der Waals surface area (Å²) in [6.07, 6.45) is 2.24. The maximum absolute atomic E-state index is 12.1. The predicted molar refractivity (Wildman–Crippen MR) is 61.0 cm³/mol. The maximum Gasteiger partial charge on any atom is 0.255 e. The maximum atomic E-state index is 12.1. The van der Waals surface area contributed by atoms with Gasteiger partial charge in [-0.05, 0) is 0 Å². The van der Waals surface area contributed by atoms with Crippen LogP contribution in [0.25, 0.3) is 5.95 Å². The van der Waals surface area contributed by atoms with E-state index in [1.54, 1.807) is 24.0 Å². The summed E-state index contributed by atoms with van der Waals surface area (Å²) in [6, 6.07) is 0. The van der Waals surface area contributed by atoms with Crippen molar-refractivity contribution in [3.05, 3.63) is 18.7 Å². The van der Waals surface area contributed by atoms with Crippen LogP contribution < -0.4 is 10.6 Å². The quantitative estimate of drug-likeness (QED) is 0.821. The Bertz CT molecular complexity index is 500. The van der Waals surface area contributed by atoms with E-state index >= 15 is 0 Å². The van der Waals surface area contributed by atoms with Gasteiger partial charge in [-0.15, -0.1) is 0 Å². The molecule has 0 radical (unpaired) electrons. The second kappa shape index (κ2) is 5.34. The summed E-state index contributed by atoms with van der Waals surface area (Å²) < 4.78 is 25.8. The molecule has 96 valence electrons. The van der Waals surface area contributed by atoms with Crippen LogP contribution in [-0.2, 0) is 0 Å². The fraction of sp³-hybridized carbons (Fsp3) is 0.333. The summed E-state index contributed by atoms with van der Waals surface area (Å²) in [7, 11) is 1.63. The lowest BCUT2D eigenvalue weighted by Gasteiger charge is -2.08. The van der Waals surface area contributed by atoms with Crippen LogP contribution in [0.4, 0.5) is 20.7 Å². The lowest BCUT2D eigenvalue weighted by Crippen LogP contribution is -2.15. The zero-order valence-electron chi connectivity index (χ0n) is 9.51. The Balaban J connectivity index is 2.27. The second-order valence-corrected chi connectivity index (χ2v) is 3.27. The minimum atomic E-state index is -2.48. The first-order valence-corrected chi connectivity index (χ1v) is 5.13. The fourth-order valence-corrected chi connectivity index (χ4v) is 1.22. The van der Waals surface area contributed by atoms with E-state index in [0.29, 0.717) is 5.95 Å². The van der Waals surface area contributed by atoms with Crippen molar-refractivity contribution in [1.82, 2.24) is 24.5 Å². The predicted octanol–water partition coefficient (Wildman–Crippen LogP) is 0.776. The number of alkyl halides is 2. The van der Waals surface area contributed by atoms with E-state index in [1.807, 2.05) is 0 Å². The number of halogens is 2. The molecule has 0 aliphatic rings. The van der Waals surface area contributed by atoms with E-state index in [-0.39, 0.29) is 11.9 Å². The van der Waals surface area contributed by atoms with Crippen LogP contribution in [-0.4, -0.2) is 44.5 Å². The highest BCUT2D eigenvalue weighted by atomic mass is 19.3. The van der Waals surface area contributed by atoms with E-state index in [1.165, 1.54) is 6.33 Å². The molecule has 2 N–H and O–H groups in total. The standard InChI is InChI=1S/C9H11F2N7/c1-12-7-15-8(14-4-6(10)11)17-9(16-7)18-3-2-13-5-18/h2-3,5-6H,4H2,1H3,(H2,12,14,15,16,17). The van der Waals surface area contributed by atoms with E-state index in [0.717, 1.165) is 0 Å². The highest BCUT2D eigenvalue weighted by molar-refractivity contribution is 5.37. The van der Waals surface area contributed by atoms with Crippen molar-refractivity contribution in [3.63, 3.8) is 0 Å². The van der Waals surface area contributed by atoms with Crippen LogP contribution in [0.2, 0.25) is 0 Å². The third-order valence-corrected chi connectivity index (χ3v) is 2.00. The number of anilines is 2. The average molecular weight is 255 g/mol. The van der Waals surface area contributed by atoms with Gasteiger partial charge in [0, 0.05) is 19.4 Å². The van der Waals surface area contributed by atoms with Gasteiger partial charge in [-0.2, -0.15) is 15.0 Å². The molecule has 0 amide bonds. The molecule has 18 heavy (non-hydrogen) atoms. The average Bonchev–Trinajstić information content (AvgIpc) is 2.89. The van der Waals surface area contributed by atoms with Crippen LogP contribution >= 0.6 is 0 Å². The van der Waals surface area contributed by atoms with E-state index in [2.05, 4.69) is 30.6 Å². The number of rotatable bonds is 5. The van der Waals surface area contributed by atoms with E-state index in [9.17, 15) is 8.78 Å². The Hall–Kier alpha value is -2.32. The van der Waals surface area contributed by atoms with Crippen LogP contribution in [0.5, 0.6) is 0 Å². The number of nitrogens with zero attached hydrogens (tertiary/aromatic N) is 5. The summed E-state index contributed by atoms with van der Waals surface area (Å²) >= 11 is 0. The number of imidazole rings is 1. The molecule has 0 fully saturated rings. The van der Waals surface area contributed by atoms with Gasteiger partial charge < -0.3 is 10.6 Å². The molecular weight excluding hydrogens is 244 g/mol. The monoisotopic (exact) mass is 255 g/mol. The Morgan fingerprint density at radius 2 is 2.06 bits per heavy atom. The fourth-order valence-electron chi connectivity index (χ4n) is 1.22. The van der Waals surface area contributed by atoms with Crippen LogP contribution in [0, 0.1) is 0 Å². The van der Waals surface area contributed by atoms with Crippen LogP contribution in [0.3, 0.4) is 0 Å². The molecule has 0 unspecified atom stereocenters. The van der Waals surface area contributed by atoms with Crippen molar-refractivity contribution in [3.8, 4) is 5.95 Å². The molecule has 2 rings (SSSR count). The lowest BCUT2D eigenvalue weighted by atomic mass is 10.6. The van der Waals surface area contributed by atoms with Crippen molar-refractivity contribution in [2.24, 2.45) is 0 Å². The van der Waals surface area contributed by atoms with Gasteiger partial charge in [0.1, 0.15) is 6.33 Å². The second-order valence-electron chi connectivity index (χ2n) is 3.27. The molecule has 9 heteroatoms. The van der Waals surface area contributed by atoms with Gasteiger partial charge in [-0.25, -0.2) is 13.8 Å². The Kier molecular flexibility index (Phi) is 3.60. The van der Waals surface area contributed by atoms with Gasteiger partial charge in [0.15, 0.2) is 0 Å². The molecule has 7 nitrogen and oxygen atoms in total. The molecule has 0 aliphatic heterocycles. The van der Waals surface area contributed by atoms with Crippen molar-refractivity contribution in [2.75, 3.05) is 24.2 Å². The van der Waals surface area contributed by atoms with Gasteiger partial charge in [0.2, 0.25) is 17.8 Å². The minimum absolute atomic E-state index is 0.0818. The number of hydrogen-bond acceptors (Lipinski definition) is 6. The van der Waals surface area contributed by atoms with Gasteiger partial charge in [-0.3, -0.25) is 4.57 Å². The van der Waals surface area contributed by atoms with Crippen LogP contribution in [0.15, 0.2) is 18.7 Å². The molecular formula is C9H11F2N7. The first kappa shape index (κ1) is 12.1. The minimum Gasteiger partial charge on any atom is -0.357 e. The summed E-state index contributed by atoms with van der Waals surface area (Å²) in [4.78, 5) is 15.9. The van der Waals surface area contributed by atoms with E-state index < -0.39 is 13.0 Å². The molecule has 0 bridgehead atoms. The summed E-state index contributed by atoms with van der Waals surface area (Å²) in [5, 5.41) is 5.17. The molecule has 0 spiro atoms. The molecule has 0 aliphatic carbocycles. The first-order chi connectivity index (χ1) is 8.69. The third kappa shape index (κ3) is 2.87. The summed E-state index contributed by atoms with van der Waals surface area (Å²) in [5.74, 6) is 0.660. The van der Waals surface area contributed by atoms with Gasteiger partial charge >= 0.3 is 0 Å². The molecule has 0 aromatic carbocycles. The van der Waals surface area contributed by atoms with Gasteiger partial charge in [0.25, 0.3) is 6.43 Å². The summed E-state index contributed by atoms with van der Waals surface area (Å²) in [6.45, 7) is -0.517. The number of aromatic nitrogens is 5. The zero-order chi connectivity index (χ0) is 13.0. The van der Waals surface area contributed by atoms with Crippen molar-refractivity contribution in [1.29, 1.82) is 0 Å².